The number of hydrogen-bond donors (Lipinski definition) is 0. The van der Waals surface area contributed by atoms with E-state index in [2.05, 4.69) is 0 Å². The summed E-state index contributed by atoms with van der Waals surface area (Å²) in [6.07, 6.45) is 2.21. The number of carbonyl (C=O) groups is 2. The summed E-state index contributed by atoms with van der Waals surface area (Å²) in [7, 11) is 4.83. The van der Waals surface area contributed by atoms with Crippen LogP contribution < -0.4 is 14.2 Å². The first-order chi connectivity index (χ1) is 15.5. The number of ether oxygens (including phenoxy) is 3. The third-order valence-corrected chi connectivity index (χ3v) is 5.79. The van der Waals surface area contributed by atoms with E-state index in [1.54, 1.807) is 21.3 Å². The van der Waals surface area contributed by atoms with Gasteiger partial charge in [0.25, 0.3) is 0 Å². The summed E-state index contributed by atoms with van der Waals surface area (Å²) in [5.41, 5.74) is 1.99. The van der Waals surface area contributed by atoms with Crippen LogP contribution in [0.25, 0.3) is 0 Å². The van der Waals surface area contributed by atoms with E-state index in [1.807, 2.05) is 52.3 Å². The van der Waals surface area contributed by atoms with Gasteiger partial charge in [-0.05, 0) is 48.2 Å². The number of carbonyl (C=O) groups excluding carboxylic acids is 2. The second kappa shape index (κ2) is 11.4. The zero-order valence-electron chi connectivity index (χ0n) is 19.1. The number of hydrogen-bond acceptors (Lipinski definition) is 5. The quantitative estimate of drug-likeness (QED) is 0.631. The van der Waals surface area contributed by atoms with Crippen molar-refractivity contribution in [2.75, 3.05) is 47.5 Å². The predicted molar refractivity (Wildman–Crippen MR) is 122 cm³/mol. The topological polar surface area (TPSA) is 68.3 Å². The maximum Gasteiger partial charge on any atom is 0.227 e. The lowest BCUT2D eigenvalue weighted by Gasteiger charge is -2.22. The van der Waals surface area contributed by atoms with Gasteiger partial charge in [0.2, 0.25) is 11.8 Å². The van der Waals surface area contributed by atoms with Crippen molar-refractivity contribution in [3.63, 3.8) is 0 Å². The molecule has 1 aliphatic rings. The lowest BCUT2D eigenvalue weighted by molar-refractivity contribution is -0.133. The summed E-state index contributed by atoms with van der Waals surface area (Å²) in [6, 6.07) is 13.3. The Balaban J connectivity index is 1.49. The van der Waals surface area contributed by atoms with Crippen molar-refractivity contribution >= 4 is 11.8 Å². The maximum absolute atomic E-state index is 12.8. The molecule has 0 aliphatic carbocycles. The van der Waals surface area contributed by atoms with E-state index >= 15 is 0 Å². The van der Waals surface area contributed by atoms with Crippen molar-refractivity contribution in [1.29, 1.82) is 0 Å². The van der Waals surface area contributed by atoms with Gasteiger partial charge < -0.3 is 24.0 Å². The van der Waals surface area contributed by atoms with E-state index < -0.39 is 0 Å². The maximum atomic E-state index is 12.8. The minimum atomic E-state index is 0.0924. The van der Waals surface area contributed by atoms with E-state index in [-0.39, 0.29) is 11.8 Å². The largest absolute Gasteiger partial charge is 0.497 e. The van der Waals surface area contributed by atoms with Gasteiger partial charge in [0, 0.05) is 32.6 Å². The molecule has 0 atom stereocenters. The van der Waals surface area contributed by atoms with Crippen LogP contribution in [0.15, 0.2) is 42.5 Å². The number of methoxy groups -OCH3 is 3. The monoisotopic (exact) mass is 440 g/mol. The molecule has 32 heavy (non-hydrogen) atoms. The fourth-order valence-corrected chi connectivity index (χ4v) is 3.89. The van der Waals surface area contributed by atoms with Crippen molar-refractivity contribution < 1.29 is 23.8 Å². The molecule has 0 unspecified atom stereocenters. The molecule has 3 rings (SSSR count). The summed E-state index contributed by atoms with van der Waals surface area (Å²) in [4.78, 5) is 29.3. The Morgan fingerprint density at radius 2 is 1.38 bits per heavy atom. The molecule has 0 saturated carbocycles. The van der Waals surface area contributed by atoms with Crippen molar-refractivity contribution in [2.45, 2.75) is 25.7 Å². The standard InChI is InChI=1S/C25H32N2O5/c1-30-21-9-5-20(6-10-21)18-25(29)27-14-4-13-26(15-16-27)24(28)12-8-19-7-11-22(31-2)23(17-19)32-3/h5-7,9-11,17H,4,8,12-16,18H2,1-3H3. The van der Waals surface area contributed by atoms with Crippen LogP contribution >= 0.6 is 0 Å². The molecule has 1 aliphatic heterocycles. The van der Waals surface area contributed by atoms with Gasteiger partial charge in [0.15, 0.2) is 11.5 Å². The zero-order valence-corrected chi connectivity index (χ0v) is 19.1. The Morgan fingerprint density at radius 1 is 0.750 bits per heavy atom. The fraction of sp³-hybridized carbons (Fsp3) is 0.440. The van der Waals surface area contributed by atoms with E-state index in [4.69, 9.17) is 14.2 Å². The molecule has 2 aromatic rings. The number of amides is 2. The number of benzene rings is 2. The van der Waals surface area contributed by atoms with Gasteiger partial charge in [-0.25, -0.2) is 0 Å². The summed E-state index contributed by atoms with van der Waals surface area (Å²) >= 11 is 0. The lowest BCUT2D eigenvalue weighted by Crippen LogP contribution is -2.38. The Morgan fingerprint density at radius 3 is 2.00 bits per heavy atom. The lowest BCUT2D eigenvalue weighted by atomic mass is 10.1. The number of rotatable bonds is 8. The van der Waals surface area contributed by atoms with Crippen LogP contribution in [-0.4, -0.2) is 69.1 Å². The molecule has 7 nitrogen and oxygen atoms in total. The first kappa shape index (κ1) is 23.4. The minimum Gasteiger partial charge on any atom is -0.497 e. The van der Waals surface area contributed by atoms with Gasteiger partial charge in [-0.1, -0.05) is 18.2 Å². The SMILES string of the molecule is COc1ccc(CC(=O)N2CCCN(C(=O)CCc3ccc(OC)c(OC)c3)CC2)cc1. The van der Waals surface area contributed by atoms with Crippen molar-refractivity contribution in [1.82, 2.24) is 9.80 Å². The third-order valence-electron chi connectivity index (χ3n) is 5.79. The van der Waals surface area contributed by atoms with E-state index in [0.29, 0.717) is 56.9 Å². The van der Waals surface area contributed by atoms with E-state index in [0.717, 1.165) is 23.3 Å². The molecular formula is C25H32N2O5. The summed E-state index contributed by atoms with van der Waals surface area (Å²) in [6.45, 7) is 2.49. The Hall–Kier alpha value is -3.22. The van der Waals surface area contributed by atoms with E-state index in [1.165, 1.54) is 0 Å². The molecule has 7 heteroatoms. The van der Waals surface area contributed by atoms with Crippen LogP contribution in [-0.2, 0) is 22.4 Å². The summed E-state index contributed by atoms with van der Waals surface area (Å²) in [5.74, 6) is 2.32. The highest BCUT2D eigenvalue weighted by atomic mass is 16.5. The molecule has 1 fully saturated rings. The number of aryl methyl sites for hydroxylation is 1. The molecule has 0 radical (unpaired) electrons. The van der Waals surface area contributed by atoms with Crippen LogP contribution in [0.3, 0.4) is 0 Å². The molecule has 0 spiro atoms. The Bertz CT molecular complexity index is 913. The smallest absolute Gasteiger partial charge is 0.227 e. The van der Waals surface area contributed by atoms with Gasteiger partial charge in [0.05, 0.1) is 27.8 Å². The molecule has 1 saturated heterocycles. The van der Waals surface area contributed by atoms with Gasteiger partial charge in [-0.3, -0.25) is 9.59 Å². The Labute approximate surface area is 189 Å². The number of nitrogens with zero attached hydrogens (tertiary/aromatic N) is 2. The zero-order chi connectivity index (χ0) is 22.9. The molecule has 0 bridgehead atoms. The van der Waals surface area contributed by atoms with E-state index in [9.17, 15) is 9.59 Å². The average Bonchev–Trinajstić information content (AvgIpc) is 3.09. The second-order valence-corrected chi connectivity index (χ2v) is 7.83. The van der Waals surface area contributed by atoms with Crippen molar-refractivity contribution in [3.8, 4) is 17.2 Å². The molecule has 2 amide bonds. The normalized spacial score (nSPS) is 14.0. The van der Waals surface area contributed by atoms with Crippen molar-refractivity contribution in [3.05, 3.63) is 53.6 Å². The van der Waals surface area contributed by atoms with Crippen molar-refractivity contribution in [2.24, 2.45) is 0 Å². The molecule has 2 aromatic carbocycles. The highest BCUT2D eigenvalue weighted by Gasteiger charge is 2.22. The molecule has 0 aromatic heterocycles. The van der Waals surface area contributed by atoms with Crippen LogP contribution in [0.2, 0.25) is 0 Å². The molecule has 172 valence electrons. The summed E-state index contributed by atoms with van der Waals surface area (Å²) in [5, 5.41) is 0. The average molecular weight is 441 g/mol. The highest BCUT2D eigenvalue weighted by molar-refractivity contribution is 5.79. The van der Waals surface area contributed by atoms with Gasteiger partial charge in [0.1, 0.15) is 5.75 Å². The first-order valence-electron chi connectivity index (χ1n) is 10.9. The fourth-order valence-electron chi connectivity index (χ4n) is 3.89. The Kier molecular flexibility index (Phi) is 8.36. The highest BCUT2D eigenvalue weighted by Crippen LogP contribution is 2.28. The van der Waals surface area contributed by atoms with Gasteiger partial charge in [-0.2, -0.15) is 0 Å². The van der Waals surface area contributed by atoms with Crippen LogP contribution in [0, 0.1) is 0 Å². The molecule has 0 N–H and O–H groups in total. The molecule has 1 heterocycles. The minimum absolute atomic E-state index is 0.0924. The molecular weight excluding hydrogens is 408 g/mol. The second-order valence-electron chi connectivity index (χ2n) is 7.83. The summed E-state index contributed by atoms with van der Waals surface area (Å²) < 4.78 is 15.8. The predicted octanol–water partition coefficient (Wildman–Crippen LogP) is 2.95. The van der Waals surface area contributed by atoms with Crippen LogP contribution in [0.4, 0.5) is 0 Å². The van der Waals surface area contributed by atoms with Gasteiger partial charge in [-0.15, -0.1) is 0 Å². The third kappa shape index (κ3) is 6.15. The van der Waals surface area contributed by atoms with Crippen LogP contribution in [0.5, 0.6) is 17.2 Å². The van der Waals surface area contributed by atoms with Gasteiger partial charge >= 0.3 is 0 Å². The van der Waals surface area contributed by atoms with Crippen LogP contribution in [0.1, 0.15) is 24.0 Å². The first-order valence-corrected chi connectivity index (χ1v) is 10.9.